The summed E-state index contributed by atoms with van der Waals surface area (Å²) >= 11 is 0. The second-order valence-electron chi connectivity index (χ2n) is 10.7. The molecule has 2 saturated carbocycles. The molecule has 0 aromatic carbocycles. The van der Waals surface area contributed by atoms with E-state index in [1.807, 2.05) is 0 Å². The Hall–Kier alpha value is -1.17. The van der Waals surface area contributed by atoms with E-state index >= 15 is 0 Å². The SMILES string of the molecule is CC(=O)O[C@@H]1C2=CC3=CC[C@@]4(C)[C@@H](CC[C@@H]4O)[C@@]34CCC2(C[C@H](N(C)C)[C@H]1C)O4. The summed E-state index contributed by atoms with van der Waals surface area (Å²) in [5.41, 5.74) is 1.69. The number of carbonyl (C=O) groups is 1. The Balaban J connectivity index is 1.63. The number of ether oxygens (including phenoxy) is 2. The van der Waals surface area contributed by atoms with Gasteiger partial charge in [0, 0.05) is 35.8 Å². The molecule has 3 aliphatic carbocycles. The van der Waals surface area contributed by atoms with Crippen molar-refractivity contribution >= 4 is 5.97 Å². The third kappa shape index (κ3) is 2.47. The highest BCUT2D eigenvalue weighted by Gasteiger charge is 2.68. The van der Waals surface area contributed by atoms with Crippen LogP contribution in [0.4, 0.5) is 0 Å². The summed E-state index contributed by atoms with van der Waals surface area (Å²) in [4.78, 5) is 14.2. The molecule has 5 heteroatoms. The van der Waals surface area contributed by atoms with Crippen molar-refractivity contribution < 1.29 is 19.4 Å². The van der Waals surface area contributed by atoms with E-state index in [1.165, 1.54) is 18.1 Å². The molecule has 0 aromatic heterocycles. The molecule has 2 heterocycles. The van der Waals surface area contributed by atoms with Gasteiger partial charge in [-0.2, -0.15) is 0 Å². The smallest absolute Gasteiger partial charge is 0.303 e. The van der Waals surface area contributed by atoms with Crippen molar-refractivity contribution in [1.82, 2.24) is 4.90 Å². The maximum absolute atomic E-state index is 12.0. The molecule has 0 aromatic rings. The van der Waals surface area contributed by atoms with Gasteiger partial charge in [-0.25, -0.2) is 0 Å². The predicted molar refractivity (Wildman–Crippen MR) is 110 cm³/mol. The van der Waals surface area contributed by atoms with E-state index in [-0.39, 0.29) is 40.7 Å². The summed E-state index contributed by atoms with van der Waals surface area (Å²) in [5.74, 6) is 0.341. The Morgan fingerprint density at radius 1 is 1.31 bits per heavy atom. The molecule has 3 fully saturated rings. The third-order valence-corrected chi connectivity index (χ3v) is 9.10. The number of nitrogens with zero attached hydrogens (tertiary/aromatic N) is 1. The zero-order chi connectivity index (χ0) is 20.8. The molecule has 5 nitrogen and oxygen atoms in total. The Labute approximate surface area is 174 Å². The molecule has 5 rings (SSSR count). The number of hydrogen-bond donors (Lipinski definition) is 1. The van der Waals surface area contributed by atoms with Crippen molar-refractivity contribution in [3.63, 3.8) is 0 Å². The summed E-state index contributed by atoms with van der Waals surface area (Å²) in [6.45, 7) is 5.95. The lowest BCUT2D eigenvalue weighted by Crippen LogP contribution is -2.60. The number of aliphatic hydroxyl groups is 1. The van der Waals surface area contributed by atoms with E-state index in [4.69, 9.17) is 9.47 Å². The van der Waals surface area contributed by atoms with Crippen LogP contribution in [0.5, 0.6) is 0 Å². The lowest BCUT2D eigenvalue weighted by atomic mass is 9.60. The minimum absolute atomic E-state index is 0.0986. The minimum atomic E-state index is -0.356. The maximum atomic E-state index is 12.0. The quantitative estimate of drug-likeness (QED) is 0.720. The number of rotatable bonds is 2. The normalized spacial score (nSPS) is 50.4. The fraction of sp³-hybridized carbons (Fsp3) is 0.792. The van der Waals surface area contributed by atoms with Gasteiger partial charge in [-0.05, 0) is 58.2 Å². The van der Waals surface area contributed by atoms with Gasteiger partial charge in [-0.3, -0.25) is 4.79 Å². The van der Waals surface area contributed by atoms with Gasteiger partial charge in [0.2, 0.25) is 0 Å². The lowest BCUT2D eigenvalue weighted by Gasteiger charge is -2.56. The average Bonchev–Trinajstić information content (AvgIpc) is 3.13. The molecule has 160 valence electrons. The monoisotopic (exact) mass is 401 g/mol. The summed E-state index contributed by atoms with van der Waals surface area (Å²) in [7, 11) is 4.22. The zero-order valence-corrected chi connectivity index (χ0v) is 18.4. The summed E-state index contributed by atoms with van der Waals surface area (Å²) in [5, 5.41) is 10.8. The number of aliphatic hydroxyl groups excluding tert-OH is 1. The number of esters is 1. The highest BCUT2D eigenvalue weighted by atomic mass is 16.6. The fourth-order valence-corrected chi connectivity index (χ4v) is 7.55. The average molecular weight is 402 g/mol. The predicted octanol–water partition coefficient (Wildman–Crippen LogP) is 3.22. The van der Waals surface area contributed by atoms with Gasteiger partial charge in [0.25, 0.3) is 0 Å². The molecular weight excluding hydrogens is 366 g/mol. The van der Waals surface area contributed by atoms with Crippen LogP contribution in [0, 0.1) is 17.3 Å². The molecule has 1 N–H and O–H groups in total. The van der Waals surface area contributed by atoms with Crippen molar-refractivity contribution in [2.45, 2.75) is 88.7 Å². The molecule has 29 heavy (non-hydrogen) atoms. The van der Waals surface area contributed by atoms with Crippen molar-refractivity contribution in [2.75, 3.05) is 14.1 Å². The Morgan fingerprint density at radius 3 is 2.76 bits per heavy atom. The number of fused-ring (bicyclic) bond motifs is 1. The summed E-state index contributed by atoms with van der Waals surface area (Å²) < 4.78 is 13.1. The van der Waals surface area contributed by atoms with Gasteiger partial charge in [0.05, 0.1) is 17.3 Å². The molecule has 0 radical (unpaired) electrons. The number of hydrogen-bond acceptors (Lipinski definition) is 5. The van der Waals surface area contributed by atoms with Crippen molar-refractivity contribution in [3.8, 4) is 0 Å². The van der Waals surface area contributed by atoms with Gasteiger partial charge >= 0.3 is 5.97 Å². The van der Waals surface area contributed by atoms with E-state index in [0.717, 1.165) is 38.5 Å². The van der Waals surface area contributed by atoms with Crippen LogP contribution in [0.25, 0.3) is 0 Å². The summed E-state index contributed by atoms with van der Waals surface area (Å²) in [6, 6.07) is 0.293. The highest BCUT2D eigenvalue weighted by Crippen LogP contribution is 2.66. The van der Waals surface area contributed by atoms with E-state index < -0.39 is 0 Å². The molecule has 0 amide bonds. The molecular formula is C24H35NO4. The van der Waals surface area contributed by atoms with Crippen molar-refractivity contribution in [1.29, 1.82) is 0 Å². The second-order valence-corrected chi connectivity index (χ2v) is 10.7. The maximum Gasteiger partial charge on any atom is 0.303 e. The van der Waals surface area contributed by atoms with Crippen LogP contribution in [0.1, 0.15) is 59.3 Å². The molecule has 2 spiro atoms. The van der Waals surface area contributed by atoms with Crippen LogP contribution >= 0.6 is 0 Å². The second kappa shape index (κ2) is 6.18. The van der Waals surface area contributed by atoms with E-state index in [0.29, 0.717) is 12.0 Å². The van der Waals surface area contributed by atoms with Gasteiger partial charge in [-0.15, -0.1) is 0 Å². The molecule has 8 atom stereocenters. The zero-order valence-electron chi connectivity index (χ0n) is 18.4. The largest absolute Gasteiger partial charge is 0.458 e. The van der Waals surface area contributed by atoms with Crippen LogP contribution in [0.2, 0.25) is 0 Å². The van der Waals surface area contributed by atoms with Crippen LogP contribution in [-0.2, 0) is 14.3 Å². The fourth-order valence-electron chi connectivity index (χ4n) is 7.55. The Kier molecular flexibility index (Phi) is 4.21. The van der Waals surface area contributed by atoms with Crippen LogP contribution < -0.4 is 0 Å². The highest BCUT2D eigenvalue weighted by molar-refractivity contribution is 5.67. The molecule has 1 unspecified atom stereocenters. The third-order valence-electron chi connectivity index (χ3n) is 9.10. The Morgan fingerprint density at radius 2 is 2.07 bits per heavy atom. The first-order valence-corrected chi connectivity index (χ1v) is 11.3. The molecule has 5 aliphatic rings. The minimum Gasteiger partial charge on any atom is -0.458 e. The first-order chi connectivity index (χ1) is 13.6. The lowest BCUT2D eigenvalue weighted by molar-refractivity contribution is -0.172. The Bertz CT molecular complexity index is 803. The van der Waals surface area contributed by atoms with Gasteiger partial charge < -0.3 is 19.5 Å². The van der Waals surface area contributed by atoms with Crippen molar-refractivity contribution in [3.05, 3.63) is 23.3 Å². The van der Waals surface area contributed by atoms with Gasteiger partial charge in [0.1, 0.15) is 6.10 Å². The summed E-state index contributed by atoms with van der Waals surface area (Å²) in [6.07, 6.45) is 9.82. The number of carbonyl (C=O) groups excluding carboxylic acids is 1. The first-order valence-electron chi connectivity index (χ1n) is 11.3. The van der Waals surface area contributed by atoms with Crippen molar-refractivity contribution in [2.24, 2.45) is 17.3 Å². The van der Waals surface area contributed by atoms with Crippen LogP contribution in [0.3, 0.4) is 0 Å². The molecule has 2 bridgehead atoms. The van der Waals surface area contributed by atoms with Crippen LogP contribution in [0.15, 0.2) is 23.3 Å². The number of allylic oxidation sites excluding steroid dienone is 1. The molecule has 2 aliphatic heterocycles. The first kappa shape index (κ1) is 19.8. The van der Waals surface area contributed by atoms with E-state index in [1.54, 1.807) is 0 Å². The van der Waals surface area contributed by atoms with Gasteiger partial charge in [-0.1, -0.05) is 26.0 Å². The molecule has 1 saturated heterocycles. The van der Waals surface area contributed by atoms with Gasteiger partial charge in [0.15, 0.2) is 0 Å². The standard InChI is InChI=1S/C24H35NO4/c1-14-18(25(4)5)13-23-10-11-24(29-23)16(12-17(23)21(14)28-15(2)26)8-9-22(3)19(24)6-7-20(22)27/h8,12,14,18-21,27H,6-7,9-11,13H2,1-5H3/t14-,18+,19-,20+,21+,22+,23?,24-/m1/s1. The van der Waals surface area contributed by atoms with E-state index in [9.17, 15) is 9.90 Å². The topological polar surface area (TPSA) is 59.0 Å². The van der Waals surface area contributed by atoms with E-state index in [2.05, 4.69) is 45.0 Å². The van der Waals surface area contributed by atoms with Crippen LogP contribution in [-0.4, -0.2) is 59.5 Å².